The Hall–Kier alpha value is -5.51. The molecule has 308 valence electrons. The van der Waals surface area contributed by atoms with E-state index in [2.05, 4.69) is 10.3 Å². The lowest BCUT2D eigenvalue weighted by atomic mass is 9.80. The molecule has 0 aliphatic carbocycles. The first-order valence-corrected chi connectivity index (χ1v) is 19.9. The second-order valence-electron chi connectivity index (χ2n) is 13.4. The number of anilines is 1. The molecule has 0 spiro atoms. The summed E-state index contributed by atoms with van der Waals surface area (Å²) in [5.41, 5.74) is -0.251. The average Bonchev–Trinajstić information content (AvgIpc) is 3.56. The Morgan fingerprint density at radius 3 is 2.03 bits per heavy atom. The molecule has 6 rings (SSSR count). The molecule has 1 aromatic heterocycles. The van der Waals surface area contributed by atoms with E-state index in [4.69, 9.17) is 44.5 Å². The highest BCUT2D eigenvalue weighted by Crippen LogP contribution is 2.44. The third-order valence-corrected chi connectivity index (χ3v) is 10.1. The van der Waals surface area contributed by atoms with Crippen molar-refractivity contribution in [1.82, 2.24) is 9.55 Å². The van der Waals surface area contributed by atoms with Crippen molar-refractivity contribution in [2.24, 2.45) is 0 Å². The van der Waals surface area contributed by atoms with E-state index >= 15 is 0 Å². The van der Waals surface area contributed by atoms with E-state index in [0.29, 0.717) is 28.2 Å². The Morgan fingerprint density at radius 1 is 0.881 bits per heavy atom. The van der Waals surface area contributed by atoms with Crippen molar-refractivity contribution in [3.8, 4) is 11.5 Å². The summed E-state index contributed by atoms with van der Waals surface area (Å²) in [7, 11) is -0.230. The number of rotatable bonds is 17. The van der Waals surface area contributed by atoms with Crippen molar-refractivity contribution in [2.75, 3.05) is 32.8 Å². The molecule has 59 heavy (non-hydrogen) atoms. The second-order valence-corrected chi connectivity index (χ2v) is 14.5. The lowest BCUT2D eigenvalue weighted by Crippen LogP contribution is -2.42. The monoisotopic (exact) mass is 846 g/mol. The third-order valence-electron chi connectivity index (χ3n) is 9.39. The van der Waals surface area contributed by atoms with Gasteiger partial charge in [-0.25, -0.2) is 9.59 Å². The van der Waals surface area contributed by atoms with E-state index in [0.717, 1.165) is 4.57 Å². The van der Waals surface area contributed by atoms with Gasteiger partial charge in [0.15, 0.2) is 18.4 Å². The van der Waals surface area contributed by atoms with Gasteiger partial charge in [0.05, 0.1) is 37.5 Å². The van der Waals surface area contributed by atoms with Crippen LogP contribution >= 0.6 is 19.9 Å². The molecule has 1 amide bonds. The highest BCUT2D eigenvalue weighted by atomic mass is 35.5. The topological polar surface area (TPSA) is 183 Å². The summed E-state index contributed by atoms with van der Waals surface area (Å²) in [6.07, 6.45) is -4.74. The highest BCUT2D eigenvalue weighted by molar-refractivity contribution is 7.32. The first-order valence-electron chi connectivity index (χ1n) is 18.4. The molecule has 5 atom stereocenters. The van der Waals surface area contributed by atoms with E-state index in [1.54, 1.807) is 64.5 Å². The Labute approximate surface area is 345 Å². The van der Waals surface area contributed by atoms with Gasteiger partial charge in [0.25, 0.3) is 5.91 Å². The minimum Gasteiger partial charge on any atom is -0.497 e. The number of aromatic nitrogens is 2. The summed E-state index contributed by atoms with van der Waals surface area (Å²) in [6.45, 7) is 2.91. The number of nitrogens with one attached hydrogen (secondary N) is 1. The number of ether oxygens (including phenoxy) is 6. The molecule has 5 aromatic rings. The Balaban J connectivity index is 1.43. The van der Waals surface area contributed by atoms with Gasteiger partial charge >= 0.3 is 19.9 Å². The molecule has 0 radical (unpaired) electrons. The molecule has 2 N–H and O–H groups in total. The van der Waals surface area contributed by atoms with Gasteiger partial charge in [-0.3, -0.25) is 9.36 Å². The van der Waals surface area contributed by atoms with E-state index in [9.17, 15) is 23.8 Å². The Morgan fingerprint density at radius 2 is 1.47 bits per heavy atom. The van der Waals surface area contributed by atoms with Crippen LogP contribution in [-0.2, 0) is 38.4 Å². The smallest absolute Gasteiger partial charge is 0.497 e. The molecule has 4 aromatic carbocycles. The quantitative estimate of drug-likeness (QED) is 0.0593. The molecule has 1 unspecified atom stereocenters. The molecular weight excluding hydrogens is 805 g/mol. The van der Waals surface area contributed by atoms with E-state index in [1.165, 1.54) is 24.4 Å². The van der Waals surface area contributed by atoms with Gasteiger partial charge in [-0.1, -0.05) is 78.3 Å². The molecule has 15 nitrogen and oxygen atoms in total. The van der Waals surface area contributed by atoms with Gasteiger partial charge in [0, 0.05) is 10.8 Å². The zero-order valence-electron chi connectivity index (χ0n) is 32.4. The molecule has 0 saturated carbocycles. The van der Waals surface area contributed by atoms with Crippen LogP contribution in [0.15, 0.2) is 120 Å². The van der Waals surface area contributed by atoms with Gasteiger partial charge < -0.3 is 33.7 Å². The number of halogens is 1. The molecule has 1 saturated heterocycles. The van der Waals surface area contributed by atoms with Crippen LogP contribution in [0, 0.1) is 0 Å². The fourth-order valence-corrected chi connectivity index (χ4v) is 7.29. The Bertz CT molecular complexity index is 2250. The van der Waals surface area contributed by atoms with Crippen LogP contribution in [0.25, 0.3) is 0 Å². The number of methoxy groups -OCH3 is 2. The molecule has 0 bridgehead atoms. The van der Waals surface area contributed by atoms with Crippen LogP contribution in [0.2, 0.25) is 5.02 Å². The average molecular weight is 847 g/mol. The van der Waals surface area contributed by atoms with Crippen molar-refractivity contribution in [1.29, 1.82) is 0 Å². The largest absolute Gasteiger partial charge is 0.695 e. The molecule has 1 fully saturated rings. The van der Waals surface area contributed by atoms with Crippen molar-refractivity contribution in [3.05, 3.63) is 153 Å². The zero-order valence-corrected chi connectivity index (χ0v) is 34.1. The normalized spacial score (nSPS) is 18.0. The van der Waals surface area contributed by atoms with Gasteiger partial charge in [0.2, 0.25) is 0 Å². The minimum absolute atomic E-state index is 0.0194. The van der Waals surface area contributed by atoms with Crippen LogP contribution in [0.5, 0.6) is 11.5 Å². The number of esters is 1. The van der Waals surface area contributed by atoms with Crippen molar-refractivity contribution in [2.45, 2.75) is 50.1 Å². The molecular formula is C42H42ClN3O12P+. The predicted octanol–water partition coefficient (Wildman–Crippen LogP) is 6.44. The third kappa shape index (κ3) is 10.0. The van der Waals surface area contributed by atoms with Gasteiger partial charge in [-0.05, 0) is 73.0 Å². The summed E-state index contributed by atoms with van der Waals surface area (Å²) in [4.78, 5) is 54.0. The molecule has 2 heterocycles. The predicted molar refractivity (Wildman–Crippen MR) is 216 cm³/mol. The Kier molecular flexibility index (Phi) is 14.2. The maximum absolute atomic E-state index is 13.7. The highest BCUT2D eigenvalue weighted by Gasteiger charge is 2.54. The number of hydrogen-bond acceptors (Lipinski definition) is 12. The van der Waals surface area contributed by atoms with Gasteiger partial charge in [-0.15, -0.1) is 9.42 Å². The first kappa shape index (κ1) is 43.1. The number of carbonyl (C=O) groups excluding carboxylic acids is 2. The summed E-state index contributed by atoms with van der Waals surface area (Å²) in [6, 6.07) is 31.4. The van der Waals surface area contributed by atoms with Crippen LogP contribution < -0.4 is 20.5 Å². The second kappa shape index (κ2) is 19.5. The van der Waals surface area contributed by atoms with Crippen LogP contribution in [-0.4, -0.2) is 78.2 Å². The fraction of sp³-hybridized carbons (Fsp3) is 0.286. The molecule has 1 aliphatic rings. The van der Waals surface area contributed by atoms with Crippen LogP contribution in [0.1, 0.15) is 47.1 Å². The summed E-state index contributed by atoms with van der Waals surface area (Å²) < 4.78 is 54.8. The zero-order chi connectivity index (χ0) is 42.1. The lowest BCUT2D eigenvalue weighted by Gasteiger charge is -2.37. The first-order chi connectivity index (χ1) is 28.4. The maximum Gasteiger partial charge on any atom is 0.695 e. The van der Waals surface area contributed by atoms with Crippen molar-refractivity contribution >= 4 is 37.6 Å². The molecule has 17 heteroatoms. The fourth-order valence-electron chi connectivity index (χ4n) is 6.62. The van der Waals surface area contributed by atoms with E-state index in [-0.39, 0.29) is 35.7 Å². The SMILES string of the molecule is COc1ccc(C(OC[C@H]2O[C@@H](n3ccc(NC(=O)COC(C)C)nc3=O)[C@H](OC(=O)c3ccccc3Cl)[C@@H]2O[P+](=O)O)(c2ccccc2)c2ccc(OC)cc2)cc1. The van der Waals surface area contributed by atoms with E-state index < -0.39 is 56.0 Å². The standard InChI is InChI=1S/C42H41ClN3O12P/c1-26(2)54-25-36(47)44-35-22-23-46(41(49)45-35)39-38(57-40(48)32-12-8-9-13-33(32)43)37(58-59(50)51)34(56-39)24-55-42(27-10-6-5-7-11-27,28-14-18-30(52-3)19-15-28)29-16-20-31(53-4)21-17-29/h5-23,26,34,37-39H,24-25H2,1-4H3,(H-,44,45,47,49,50,51)/p+1/t34-,37-,38-,39-/m1/s1. The van der Waals surface area contributed by atoms with Crippen LogP contribution in [0.4, 0.5) is 5.82 Å². The number of benzene rings is 4. The number of nitrogens with zero attached hydrogens (tertiary/aromatic N) is 2. The maximum atomic E-state index is 13.7. The van der Waals surface area contributed by atoms with Crippen molar-refractivity contribution in [3.63, 3.8) is 0 Å². The van der Waals surface area contributed by atoms with Gasteiger partial charge in [-0.2, -0.15) is 4.98 Å². The number of hydrogen-bond donors (Lipinski definition) is 2. The van der Waals surface area contributed by atoms with E-state index in [1.807, 2.05) is 54.6 Å². The lowest BCUT2D eigenvalue weighted by molar-refractivity contribution is -0.122. The minimum atomic E-state index is -3.34. The molecule has 1 aliphatic heterocycles. The van der Waals surface area contributed by atoms with Gasteiger partial charge in [0.1, 0.15) is 35.6 Å². The summed E-state index contributed by atoms with van der Waals surface area (Å²) in [5, 5.41) is 2.58. The summed E-state index contributed by atoms with van der Waals surface area (Å²) in [5.74, 6) is -0.347. The summed E-state index contributed by atoms with van der Waals surface area (Å²) >= 11 is 6.35. The van der Waals surface area contributed by atoms with Crippen LogP contribution in [0.3, 0.4) is 0 Å². The number of carbonyl (C=O) groups is 2. The van der Waals surface area contributed by atoms with Crippen molar-refractivity contribution < 1.29 is 52.0 Å². The number of amides is 1.